The lowest BCUT2D eigenvalue weighted by atomic mass is 10.2. The van der Waals surface area contributed by atoms with E-state index in [9.17, 15) is 18.8 Å². The molecule has 10 nitrogen and oxygen atoms in total. The van der Waals surface area contributed by atoms with Crippen LogP contribution in [0.3, 0.4) is 0 Å². The van der Waals surface area contributed by atoms with Crippen molar-refractivity contribution in [2.45, 2.75) is 6.92 Å². The second-order valence-electron chi connectivity index (χ2n) is 8.45. The fraction of sp³-hybridized carbons (Fsp3) is 0.269. The maximum atomic E-state index is 13.2. The van der Waals surface area contributed by atoms with Crippen LogP contribution in [0, 0.1) is 5.82 Å². The van der Waals surface area contributed by atoms with Gasteiger partial charge in [0, 0.05) is 63.5 Å². The van der Waals surface area contributed by atoms with Crippen LogP contribution in [0.25, 0.3) is 11.4 Å². The molecule has 2 heterocycles. The van der Waals surface area contributed by atoms with E-state index < -0.39 is 11.8 Å². The van der Waals surface area contributed by atoms with Gasteiger partial charge in [0.25, 0.3) is 0 Å². The molecule has 0 spiro atoms. The molecule has 3 amide bonds. The van der Waals surface area contributed by atoms with Crippen LogP contribution in [-0.4, -0.2) is 71.9 Å². The summed E-state index contributed by atoms with van der Waals surface area (Å²) >= 11 is 0. The number of hydrogen-bond donors (Lipinski definition) is 3. The third-order valence-electron chi connectivity index (χ3n) is 5.76. The number of aromatic nitrogens is 2. The number of nitrogens with one attached hydrogen (secondary N) is 3. The molecule has 192 valence electrons. The van der Waals surface area contributed by atoms with Crippen molar-refractivity contribution in [2.24, 2.45) is 0 Å². The molecule has 0 radical (unpaired) electrons. The number of piperazine rings is 1. The Bertz CT molecular complexity index is 1250. The second kappa shape index (κ2) is 11.9. The minimum Gasteiger partial charge on any atom is -0.368 e. The Morgan fingerprint density at radius 1 is 0.892 bits per heavy atom. The zero-order valence-corrected chi connectivity index (χ0v) is 20.4. The number of nitrogens with zero attached hydrogens (tertiary/aromatic N) is 4. The topological polar surface area (TPSA) is 120 Å². The van der Waals surface area contributed by atoms with Gasteiger partial charge in [-0.25, -0.2) is 14.4 Å². The standard InChI is InChI=1S/C26H28FN7O3/c1-18(35)28-11-12-29-22-17-23(31-24(30-22)19-5-3-2-4-6-19)32-25(36)26(37)34-15-13-33(14-16-34)21-9-7-20(27)8-10-21/h2-10,17H,11-16H2,1H3,(H,28,35)(H2,29,30,31,32,36). The van der Waals surface area contributed by atoms with Gasteiger partial charge in [-0.2, -0.15) is 0 Å². The lowest BCUT2D eigenvalue weighted by Crippen LogP contribution is -2.51. The predicted molar refractivity (Wildman–Crippen MR) is 138 cm³/mol. The van der Waals surface area contributed by atoms with Gasteiger partial charge >= 0.3 is 11.8 Å². The van der Waals surface area contributed by atoms with E-state index in [1.54, 1.807) is 12.1 Å². The summed E-state index contributed by atoms with van der Waals surface area (Å²) in [7, 11) is 0. The van der Waals surface area contributed by atoms with Crippen LogP contribution < -0.4 is 20.9 Å². The van der Waals surface area contributed by atoms with E-state index in [4.69, 9.17) is 0 Å². The summed E-state index contributed by atoms with van der Waals surface area (Å²) in [5, 5.41) is 8.39. The van der Waals surface area contributed by atoms with Gasteiger partial charge in [0.15, 0.2) is 5.82 Å². The van der Waals surface area contributed by atoms with Gasteiger partial charge < -0.3 is 25.8 Å². The summed E-state index contributed by atoms with van der Waals surface area (Å²) in [5.41, 5.74) is 1.61. The molecule has 1 aliphatic rings. The number of carbonyl (C=O) groups is 3. The SMILES string of the molecule is CC(=O)NCCNc1cc(NC(=O)C(=O)N2CCN(c3ccc(F)cc3)CC2)nc(-c2ccccc2)n1. The highest BCUT2D eigenvalue weighted by molar-refractivity contribution is 6.39. The summed E-state index contributed by atoms with van der Waals surface area (Å²) < 4.78 is 13.2. The maximum Gasteiger partial charge on any atom is 0.315 e. The lowest BCUT2D eigenvalue weighted by molar-refractivity contribution is -0.143. The van der Waals surface area contributed by atoms with Crippen molar-refractivity contribution in [3.05, 3.63) is 66.5 Å². The smallest absolute Gasteiger partial charge is 0.315 e. The Morgan fingerprint density at radius 2 is 1.57 bits per heavy atom. The number of benzene rings is 2. The number of hydrogen-bond acceptors (Lipinski definition) is 7. The van der Waals surface area contributed by atoms with Crippen molar-refractivity contribution < 1.29 is 18.8 Å². The third kappa shape index (κ3) is 7.00. The normalized spacial score (nSPS) is 13.1. The molecule has 11 heteroatoms. The van der Waals surface area contributed by atoms with Gasteiger partial charge in [-0.3, -0.25) is 14.4 Å². The molecule has 0 bridgehead atoms. The number of rotatable bonds is 7. The van der Waals surface area contributed by atoms with Gasteiger partial charge in [0.05, 0.1) is 0 Å². The number of carbonyl (C=O) groups excluding carboxylic acids is 3. The highest BCUT2D eigenvalue weighted by Crippen LogP contribution is 2.21. The van der Waals surface area contributed by atoms with Crippen molar-refractivity contribution in [3.8, 4) is 11.4 Å². The Hall–Kier alpha value is -4.54. The molecule has 3 aromatic rings. The van der Waals surface area contributed by atoms with Crippen molar-refractivity contribution in [1.29, 1.82) is 0 Å². The molecule has 1 saturated heterocycles. The van der Waals surface area contributed by atoms with Crippen LogP contribution >= 0.6 is 0 Å². The fourth-order valence-electron chi connectivity index (χ4n) is 3.88. The fourth-order valence-corrected chi connectivity index (χ4v) is 3.88. The Labute approximate surface area is 213 Å². The maximum absolute atomic E-state index is 13.2. The number of halogens is 1. The molecule has 1 fully saturated rings. The Balaban J connectivity index is 1.41. The molecule has 37 heavy (non-hydrogen) atoms. The molecule has 0 saturated carbocycles. The molecule has 2 aromatic carbocycles. The summed E-state index contributed by atoms with van der Waals surface area (Å²) in [6.07, 6.45) is 0. The molecule has 0 aliphatic carbocycles. The average Bonchev–Trinajstić information content (AvgIpc) is 2.91. The van der Waals surface area contributed by atoms with E-state index in [0.29, 0.717) is 50.9 Å². The van der Waals surface area contributed by atoms with Crippen LogP contribution in [-0.2, 0) is 14.4 Å². The van der Waals surface area contributed by atoms with E-state index >= 15 is 0 Å². The van der Waals surface area contributed by atoms with Crippen LogP contribution in [0.5, 0.6) is 0 Å². The molecule has 1 aromatic heterocycles. The molecular weight excluding hydrogens is 477 g/mol. The highest BCUT2D eigenvalue weighted by atomic mass is 19.1. The molecule has 1 aliphatic heterocycles. The summed E-state index contributed by atoms with van der Waals surface area (Å²) in [5.74, 6) is -0.898. The summed E-state index contributed by atoms with van der Waals surface area (Å²) in [4.78, 5) is 49.2. The van der Waals surface area contributed by atoms with E-state index in [1.807, 2.05) is 35.2 Å². The first-order valence-corrected chi connectivity index (χ1v) is 11.9. The van der Waals surface area contributed by atoms with Crippen LogP contribution in [0.1, 0.15) is 6.92 Å². The van der Waals surface area contributed by atoms with E-state index in [2.05, 4.69) is 25.9 Å². The van der Waals surface area contributed by atoms with E-state index in [-0.39, 0.29) is 17.5 Å². The van der Waals surface area contributed by atoms with Gasteiger partial charge in [-0.15, -0.1) is 0 Å². The Kier molecular flexibility index (Phi) is 8.24. The molecular formula is C26H28FN7O3. The first-order chi connectivity index (χ1) is 17.9. The van der Waals surface area contributed by atoms with Crippen molar-refractivity contribution in [3.63, 3.8) is 0 Å². The van der Waals surface area contributed by atoms with Crippen LogP contribution in [0.2, 0.25) is 0 Å². The van der Waals surface area contributed by atoms with Crippen LogP contribution in [0.15, 0.2) is 60.7 Å². The quantitative estimate of drug-likeness (QED) is 0.332. The van der Waals surface area contributed by atoms with Crippen molar-refractivity contribution in [1.82, 2.24) is 20.2 Å². The van der Waals surface area contributed by atoms with Crippen molar-refractivity contribution >= 4 is 35.0 Å². The van der Waals surface area contributed by atoms with Crippen LogP contribution in [0.4, 0.5) is 21.7 Å². The molecule has 4 rings (SSSR count). The lowest BCUT2D eigenvalue weighted by Gasteiger charge is -2.35. The van der Waals surface area contributed by atoms with Gasteiger partial charge in [0.2, 0.25) is 5.91 Å². The van der Waals surface area contributed by atoms with Gasteiger partial charge in [0.1, 0.15) is 17.5 Å². The zero-order valence-electron chi connectivity index (χ0n) is 20.4. The second-order valence-corrected chi connectivity index (χ2v) is 8.45. The van der Waals surface area contributed by atoms with E-state index in [1.165, 1.54) is 30.0 Å². The Morgan fingerprint density at radius 3 is 2.24 bits per heavy atom. The van der Waals surface area contributed by atoms with Gasteiger partial charge in [-0.05, 0) is 24.3 Å². The van der Waals surface area contributed by atoms with Gasteiger partial charge in [-0.1, -0.05) is 30.3 Å². The highest BCUT2D eigenvalue weighted by Gasteiger charge is 2.26. The summed E-state index contributed by atoms with van der Waals surface area (Å²) in [6.45, 7) is 4.01. The monoisotopic (exact) mass is 505 g/mol. The first kappa shape index (κ1) is 25.5. The minimum absolute atomic E-state index is 0.139. The minimum atomic E-state index is -0.794. The predicted octanol–water partition coefficient (Wildman–Crippen LogP) is 2.12. The largest absolute Gasteiger partial charge is 0.368 e. The van der Waals surface area contributed by atoms with E-state index in [0.717, 1.165) is 11.3 Å². The summed E-state index contributed by atoms with van der Waals surface area (Å²) in [6, 6.07) is 17.0. The molecule has 0 atom stereocenters. The first-order valence-electron chi connectivity index (χ1n) is 11.9. The number of anilines is 3. The third-order valence-corrected chi connectivity index (χ3v) is 5.76. The molecule has 0 unspecified atom stereocenters. The number of amides is 3. The molecule has 3 N–H and O–H groups in total. The average molecular weight is 506 g/mol. The zero-order chi connectivity index (χ0) is 26.2. The van der Waals surface area contributed by atoms with Crippen molar-refractivity contribution in [2.75, 3.05) is 54.8 Å².